The van der Waals surface area contributed by atoms with Gasteiger partial charge in [-0.15, -0.1) is 0 Å². The summed E-state index contributed by atoms with van der Waals surface area (Å²) in [5, 5.41) is 0. The second-order valence-electron chi connectivity index (χ2n) is 6.06. The largest absolute Gasteiger partial charge is 0.256 e. The zero-order chi connectivity index (χ0) is 11.9. The van der Waals surface area contributed by atoms with Gasteiger partial charge in [0, 0.05) is 6.20 Å². The van der Waals surface area contributed by atoms with E-state index in [1.807, 2.05) is 6.20 Å². The van der Waals surface area contributed by atoms with Gasteiger partial charge in [-0.2, -0.15) is 0 Å². The lowest BCUT2D eigenvalue weighted by Crippen LogP contribution is -2.08. The lowest BCUT2D eigenvalue weighted by atomic mass is 9.85. The van der Waals surface area contributed by atoms with Crippen molar-refractivity contribution in [1.82, 2.24) is 4.98 Å². The van der Waals surface area contributed by atoms with Crippen LogP contribution in [0.4, 0.5) is 0 Å². The molecule has 0 spiro atoms. The molecular weight excluding hydrogens is 194 g/mol. The van der Waals surface area contributed by atoms with E-state index in [0.29, 0.717) is 5.92 Å². The molecule has 1 aromatic rings. The first-order chi connectivity index (χ1) is 7.38. The van der Waals surface area contributed by atoms with Crippen molar-refractivity contribution in [3.05, 3.63) is 34.7 Å². The SMILES string of the molecule is CC(C)c1cnc2c(c1)CC(C(C)(C)C)=C2. The van der Waals surface area contributed by atoms with Gasteiger partial charge in [-0.3, -0.25) is 4.98 Å². The molecule has 0 fully saturated rings. The average molecular weight is 215 g/mol. The van der Waals surface area contributed by atoms with Crippen molar-refractivity contribution in [3.63, 3.8) is 0 Å². The highest BCUT2D eigenvalue weighted by Crippen LogP contribution is 2.36. The Hall–Kier alpha value is -1.11. The smallest absolute Gasteiger partial charge is 0.0664 e. The van der Waals surface area contributed by atoms with Crippen molar-refractivity contribution in [2.45, 2.75) is 47.0 Å². The number of allylic oxidation sites excluding steroid dienone is 1. The number of aromatic nitrogens is 1. The van der Waals surface area contributed by atoms with Crippen LogP contribution in [0.2, 0.25) is 0 Å². The molecular formula is C15H21N. The van der Waals surface area contributed by atoms with Gasteiger partial charge in [0.15, 0.2) is 0 Å². The molecule has 1 aliphatic rings. The van der Waals surface area contributed by atoms with Gasteiger partial charge in [-0.25, -0.2) is 0 Å². The van der Waals surface area contributed by atoms with Crippen molar-refractivity contribution in [2.24, 2.45) is 5.41 Å². The Morgan fingerprint density at radius 2 is 1.94 bits per heavy atom. The van der Waals surface area contributed by atoms with Crippen LogP contribution in [0.25, 0.3) is 6.08 Å². The Morgan fingerprint density at radius 1 is 1.25 bits per heavy atom. The third-order valence-electron chi connectivity index (χ3n) is 3.34. The standard InChI is InChI=1S/C15H21N/c1-10(2)12-6-11-7-13(15(3,4)5)8-14(11)16-9-12/h6,8-10H,7H2,1-5H3. The summed E-state index contributed by atoms with van der Waals surface area (Å²) in [6.45, 7) is 11.3. The molecule has 0 atom stereocenters. The maximum absolute atomic E-state index is 4.57. The summed E-state index contributed by atoms with van der Waals surface area (Å²) in [6, 6.07) is 2.32. The van der Waals surface area contributed by atoms with Crippen LogP contribution in [0.1, 0.15) is 57.4 Å². The molecule has 1 heteroatoms. The Kier molecular flexibility index (Phi) is 2.65. The van der Waals surface area contributed by atoms with E-state index in [9.17, 15) is 0 Å². The number of nitrogens with zero attached hydrogens (tertiary/aromatic N) is 1. The Balaban J connectivity index is 2.32. The molecule has 1 heterocycles. The van der Waals surface area contributed by atoms with E-state index in [0.717, 1.165) is 6.42 Å². The molecule has 1 nitrogen and oxygen atoms in total. The van der Waals surface area contributed by atoms with Crippen LogP contribution < -0.4 is 0 Å². The molecule has 0 N–H and O–H groups in total. The molecule has 0 aliphatic heterocycles. The monoisotopic (exact) mass is 215 g/mol. The summed E-state index contributed by atoms with van der Waals surface area (Å²) < 4.78 is 0. The molecule has 0 radical (unpaired) electrons. The lowest BCUT2D eigenvalue weighted by Gasteiger charge is -2.19. The Bertz CT molecular complexity index is 433. The van der Waals surface area contributed by atoms with Crippen molar-refractivity contribution in [3.8, 4) is 0 Å². The molecule has 0 aromatic carbocycles. The van der Waals surface area contributed by atoms with Gasteiger partial charge >= 0.3 is 0 Å². The Labute approximate surface area is 98.6 Å². The first-order valence-electron chi connectivity index (χ1n) is 6.08. The number of rotatable bonds is 1. The highest BCUT2D eigenvalue weighted by atomic mass is 14.7. The third kappa shape index (κ3) is 2.04. The highest BCUT2D eigenvalue weighted by molar-refractivity contribution is 5.62. The van der Waals surface area contributed by atoms with E-state index in [-0.39, 0.29) is 5.41 Å². The minimum atomic E-state index is 0.263. The summed E-state index contributed by atoms with van der Waals surface area (Å²) in [4.78, 5) is 4.57. The topological polar surface area (TPSA) is 12.9 Å². The maximum Gasteiger partial charge on any atom is 0.0664 e. The fourth-order valence-electron chi connectivity index (χ4n) is 2.03. The summed E-state index contributed by atoms with van der Waals surface area (Å²) in [5.74, 6) is 0.566. The first-order valence-corrected chi connectivity index (χ1v) is 6.08. The average Bonchev–Trinajstić information content (AvgIpc) is 2.58. The van der Waals surface area contributed by atoms with E-state index in [4.69, 9.17) is 0 Å². The third-order valence-corrected chi connectivity index (χ3v) is 3.34. The molecule has 2 rings (SSSR count). The molecule has 0 amide bonds. The van der Waals surface area contributed by atoms with Crippen LogP contribution in [0, 0.1) is 5.41 Å². The summed E-state index contributed by atoms with van der Waals surface area (Å²) in [7, 11) is 0. The fourth-order valence-corrected chi connectivity index (χ4v) is 2.03. The van der Waals surface area contributed by atoms with E-state index in [2.05, 4.69) is 51.7 Å². The van der Waals surface area contributed by atoms with Gasteiger partial charge in [0.2, 0.25) is 0 Å². The van der Waals surface area contributed by atoms with E-state index in [1.54, 1.807) is 0 Å². The van der Waals surface area contributed by atoms with Crippen LogP contribution >= 0.6 is 0 Å². The first kappa shape index (κ1) is 11.4. The maximum atomic E-state index is 4.57. The molecule has 0 saturated heterocycles. The quantitative estimate of drug-likeness (QED) is 0.684. The molecule has 0 bridgehead atoms. The lowest BCUT2D eigenvalue weighted by molar-refractivity contribution is 0.498. The predicted octanol–water partition coefficient (Wildman–Crippen LogP) is 4.19. The number of fused-ring (bicyclic) bond motifs is 1. The van der Waals surface area contributed by atoms with E-state index >= 15 is 0 Å². The molecule has 86 valence electrons. The van der Waals surface area contributed by atoms with E-state index < -0.39 is 0 Å². The number of hydrogen-bond acceptors (Lipinski definition) is 1. The van der Waals surface area contributed by atoms with Crippen LogP contribution in [-0.4, -0.2) is 4.98 Å². The molecule has 0 saturated carbocycles. The van der Waals surface area contributed by atoms with Gasteiger partial charge in [0.1, 0.15) is 0 Å². The molecule has 16 heavy (non-hydrogen) atoms. The minimum Gasteiger partial charge on any atom is -0.256 e. The van der Waals surface area contributed by atoms with Crippen molar-refractivity contribution in [2.75, 3.05) is 0 Å². The Morgan fingerprint density at radius 3 is 2.50 bits per heavy atom. The van der Waals surface area contributed by atoms with E-state index in [1.165, 1.54) is 22.4 Å². The predicted molar refractivity (Wildman–Crippen MR) is 69.5 cm³/mol. The second kappa shape index (κ2) is 3.73. The van der Waals surface area contributed by atoms with Gasteiger partial charge in [-0.1, -0.05) is 46.3 Å². The van der Waals surface area contributed by atoms with Crippen LogP contribution in [0.3, 0.4) is 0 Å². The summed E-state index contributed by atoms with van der Waals surface area (Å²) >= 11 is 0. The van der Waals surface area contributed by atoms with Crippen molar-refractivity contribution >= 4 is 6.08 Å². The zero-order valence-electron chi connectivity index (χ0n) is 11.0. The fraction of sp³-hybridized carbons (Fsp3) is 0.533. The number of hydrogen-bond donors (Lipinski definition) is 0. The van der Waals surface area contributed by atoms with Crippen molar-refractivity contribution in [1.29, 1.82) is 0 Å². The van der Waals surface area contributed by atoms with Gasteiger partial charge in [0.05, 0.1) is 5.69 Å². The molecule has 0 unspecified atom stereocenters. The van der Waals surface area contributed by atoms with Crippen molar-refractivity contribution < 1.29 is 0 Å². The van der Waals surface area contributed by atoms with Crippen LogP contribution in [-0.2, 0) is 6.42 Å². The highest BCUT2D eigenvalue weighted by Gasteiger charge is 2.23. The van der Waals surface area contributed by atoms with Gasteiger partial charge in [-0.05, 0) is 35.0 Å². The summed E-state index contributed by atoms with van der Waals surface area (Å²) in [5.41, 5.74) is 5.68. The number of pyridine rings is 1. The second-order valence-corrected chi connectivity index (χ2v) is 6.06. The minimum absolute atomic E-state index is 0.263. The van der Waals surface area contributed by atoms with Gasteiger partial charge in [0.25, 0.3) is 0 Å². The summed E-state index contributed by atoms with van der Waals surface area (Å²) in [6.07, 6.45) is 5.36. The normalized spacial score (nSPS) is 15.2. The zero-order valence-corrected chi connectivity index (χ0v) is 11.0. The van der Waals surface area contributed by atoms with Crippen LogP contribution in [0.5, 0.6) is 0 Å². The van der Waals surface area contributed by atoms with Gasteiger partial charge < -0.3 is 0 Å². The van der Waals surface area contributed by atoms with Crippen LogP contribution in [0.15, 0.2) is 17.8 Å². The molecule has 1 aromatic heterocycles. The molecule has 1 aliphatic carbocycles.